The summed E-state index contributed by atoms with van der Waals surface area (Å²) in [6.07, 6.45) is 0. The SMILES string of the molecule is CN(Cc1nc(-c2cccc(Cl)c2)no1)S(=O)(=O)c1ccc2c(c1)OCCO2. The van der Waals surface area contributed by atoms with Crippen molar-refractivity contribution in [2.24, 2.45) is 0 Å². The molecule has 0 bridgehead atoms. The van der Waals surface area contributed by atoms with Crippen molar-refractivity contribution in [3.63, 3.8) is 0 Å². The molecule has 0 N–H and O–H groups in total. The summed E-state index contributed by atoms with van der Waals surface area (Å²) < 4.78 is 42.9. The summed E-state index contributed by atoms with van der Waals surface area (Å²) in [7, 11) is -2.34. The van der Waals surface area contributed by atoms with Crippen molar-refractivity contribution < 1.29 is 22.4 Å². The summed E-state index contributed by atoms with van der Waals surface area (Å²) in [4.78, 5) is 4.34. The quantitative estimate of drug-likeness (QED) is 0.624. The highest BCUT2D eigenvalue weighted by Crippen LogP contribution is 2.33. The summed E-state index contributed by atoms with van der Waals surface area (Å²) in [5.41, 5.74) is 0.680. The molecule has 2 aromatic carbocycles. The van der Waals surface area contributed by atoms with Gasteiger partial charge in [0.1, 0.15) is 13.2 Å². The maximum absolute atomic E-state index is 12.9. The van der Waals surface area contributed by atoms with E-state index < -0.39 is 10.0 Å². The number of hydrogen-bond donors (Lipinski definition) is 0. The Balaban J connectivity index is 1.54. The Labute approximate surface area is 166 Å². The first kappa shape index (κ1) is 18.7. The molecule has 0 saturated heterocycles. The largest absolute Gasteiger partial charge is 0.486 e. The molecule has 2 heterocycles. The monoisotopic (exact) mass is 421 g/mol. The second-order valence-corrected chi connectivity index (χ2v) is 8.57. The normalized spacial score (nSPS) is 13.7. The number of rotatable bonds is 5. The standard InChI is InChI=1S/C18H16ClN3O5S/c1-22(11-17-20-18(21-27-17)12-3-2-4-13(19)9-12)28(23,24)14-5-6-15-16(10-14)26-8-7-25-15/h2-6,9-10H,7-8,11H2,1H3. The summed E-state index contributed by atoms with van der Waals surface area (Å²) >= 11 is 5.97. The fourth-order valence-corrected chi connectivity index (χ4v) is 4.03. The zero-order chi connectivity index (χ0) is 19.7. The Hall–Kier alpha value is -2.62. The van der Waals surface area contributed by atoms with E-state index in [0.29, 0.717) is 41.1 Å². The zero-order valence-electron chi connectivity index (χ0n) is 14.8. The molecule has 0 unspecified atom stereocenters. The third kappa shape index (κ3) is 3.68. The summed E-state index contributed by atoms with van der Waals surface area (Å²) in [6, 6.07) is 11.5. The van der Waals surface area contributed by atoms with E-state index in [-0.39, 0.29) is 17.3 Å². The predicted octanol–water partition coefficient (Wildman–Crippen LogP) is 2.98. The smallest absolute Gasteiger partial charge is 0.243 e. The highest BCUT2D eigenvalue weighted by atomic mass is 35.5. The second kappa shape index (κ2) is 7.42. The van der Waals surface area contributed by atoms with Crippen LogP contribution in [0.5, 0.6) is 11.5 Å². The molecule has 8 nitrogen and oxygen atoms in total. The van der Waals surface area contributed by atoms with Gasteiger partial charge in [0.25, 0.3) is 0 Å². The van der Waals surface area contributed by atoms with Gasteiger partial charge in [-0.3, -0.25) is 0 Å². The van der Waals surface area contributed by atoms with Gasteiger partial charge in [0.05, 0.1) is 11.4 Å². The molecule has 0 spiro atoms. The Kier molecular flexibility index (Phi) is 4.96. The first-order valence-corrected chi connectivity index (χ1v) is 10.2. The van der Waals surface area contributed by atoms with Gasteiger partial charge in [0.15, 0.2) is 11.5 Å². The van der Waals surface area contributed by atoms with Crippen molar-refractivity contribution in [3.05, 3.63) is 53.4 Å². The van der Waals surface area contributed by atoms with Gasteiger partial charge in [-0.05, 0) is 24.3 Å². The number of fused-ring (bicyclic) bond motifs is 1. The van der Waals surface area contributed by atoms with Gasteiger partial charge in [0.2, 0.25) is 21.7 Å². The molecule has 0 amide bonds. The number of sulfonamides is 1. The van der Waals surface area contributed by atoms with Crippen molar-refractivity contribution >= 4 is 21.6 Å². The second-order valence-electron chi connectivity index (χ2n) is 6.09. The summed E-state index contributed by atoms with van der Waals surface area (Å²) in [5, 5.41) is 4.43. The molecule has 10 heteroatoms. The van der Waals surface area contributed by atoms with Gasteiger partial charge in [-0.2, -0.15) is 9.29 Å². The van der Waals surface area contributed by atoms with Crippen molar-refractivity contribution in [1.82, 2.24) is 14.4 Å². The van der Waals surface area contributed by atoms with Crippen LogP contribution in [0.15, 0.2) is 51.9 Å². The Morgan fingerprint density at radius 2 is 1.89 bits per heavy atom. The van der Waals surface area contributed by atoms with Crippen LogP contribution in [0.25, 0.3) is 11.4 Å². The minimum Gasteiger partial charge on any atom is -0.486 e. The molecule has 28 heavy (non-hydrogen) atoms. The number of nitrogens with zero attached hydrogens (tertiary/aromatic N) is 3. The fourth-order valence-electron chi connectivity index (χ4n) is 2.70. The Morgan fingerprint density at radius 3 is 2.68 bits per heavy atom. The average Bonchev–Trinajstić information content (AvgIpc) is 3.16. The van der Waals surface area contributed by atoms with Crippen LogP contribution in [0.3, 0.4) is 0 Å². The number of aromatic nitrogens is 2. The van der Waals surface area contributed by atoms with Crippen LogP contribution in [0.1, 0.15) is 5.89 Å². The van der Waals surface area contributed by atoms with E-state index in [4.69, 9.17) is 25.6 Å². The van der Waals surface area contributed by atoms with Gasteiger partial charge < -0.3 is 14.0 Å². The van der Waals surface area contributed by atoms with Crippen LogP contribution in [-0.4, -0.2) is 43.1 Å². The van der Waals surface area contributed by atoms with E-state index in [1.165, 1.54) is 19.2 Å². The van der Waals surface area contributed by atoms with Gasteiger partial charge in [-0.1, -0.05) is 28.9 Å². The molecule has 4 rings (SSSR count). The topological polar surface area (TPSA) is 94.8 Å². The Morgan fingerprint density at radius 1 is 1.11 bits per heavy atom. The molecule has 0 saturated carbocycles. The lowest BCUT2D eigenvalue weighted by Crippen LogP contribution is -2.27. The van der Waals surface area contributed by atoms with Gasteiger partial charge >= 0.3 is 0 Å². The molecule has 0 aliphatic carbocycles. The minimum atomic E-state index is -3.78. The molecule has 0 atom stereocenters. The van der Waals surface area contributed by atoms with E-state index in [1.54, 1.807) is 30.3 Å². The molecule has 1 aromatic heterocycles. The first-order valence-electron chi connectivity index (χ1n) is 8.38. The third-order valence-corrected chi connectivity index (χ3v) is 6.17. The number of ether oxygens (including phenoxy) is 2. The maximum atomic E-state index is 12.9. The lowest BCUT2D eigenvalue weighted by molar-refractivity contribution is 0.171. The van der Waals surface area contributed by atoms with E-state index in [2.05, 4.69) is 10.1 Å². The van der Waals surface area contributed by atoms with Crippen molar-refractivity contribution in [2.45, 2.75) is 11.4 Å². The highest BCUT2D eigenvalue weighted by molar-refractivity contribution is 7.89. The molecule has 0 radical (unpaired) electrons. The van der Waals surface area contributed by atoms with Crippen molar-refractivity contribution in [2.75, 3.05) is 20.3 Å². The summed E-state index contributed by atoms with van der Waals surface area (Å²) in [6.45, 7) is 0.732. The van der Waals surface area contributed by atoms with Gasteiger partial charge in [-0.15, -0.1) is 0 Å². The highest BCUT2D eigenvalue weighted by Gasteiger charge is 2.25. The van der Waals surface area contributed by atoms with E-state index >= 15 is 0 Å². The van der Waals surface area contributed by atoms with E-state index in [9.17, 15) is 8.42 Å². The number of benzene rings is 2. The van der Waals surface area contributed by atoms with Crippen LogP contribution in [0.2, 0.25) is 5.02 Å². The number of halogens is 1. The molecule has 1 aliphatic rings. The van der Waals surface area contributed by atoms with E-state index in [0.717, 1.165) is 4.31 Å². The predicted molar refractivity (Wildman–Crippen MR) is 101 cm³/mol. The van der Waals surface area contributed by atoms with Crippen molar-refractivity contribution in [1.29, 1.82) is 0 Å². The van der Waals surface area contributed by atoms with Gasteiger partial charge in [0, 0.05) is 23.7 Å². The van der Waals surface area contributed by atoms with Crippen molar-refractivity contribution in [3.8, 4) is 22.9 Å². The number of hydrogen-bond acceptors (Lipinski definition) is 7. The zero-order valence-corrected chi connectivity index (χ0v) is 16.4. The minimum absolute atomic E-state index is 0.0790. The molecule has 1 aliphatic heterocycles. The average molecular weight is 422 g/mol. The van der Waals surface area contributed by atoms with E-state index in [1.807, 2.05) is 0 Å². The summed E-state index contributed by atoms with van der Waals surface area (Å²) in [5.74, 6) is 1.43. The van der Waals surface area contributed by atoms with Crippen LogP contribution in [-0.2, 0) is 16.6 Å². The Bertz CT molecular complexity index is 1120. The fraction of sp³-hybridized carbons (Fsp3) is 0.222. The van der Waals surface area contributed by atoms with Gasteiger partial charge in [-0.25, -0.2) is 8.42 Å². The van der Waals surface area contributed by atoms with Crippen LogP contribution < -0.4 is 9.47 Å². The first-order chi connectivity index (χ1) is 13.4. The molecule has 146 valence electrons. The van der Waals surface area contributed by atoms with Crippen LogP contribution in [0.4, 0.5) is 0 Å². The molecular weight excluding hydrogens is 406 g/mol. The lowest BCUT2D eigenvalue weighted by Gasteiger charge is -2.20. The molecule has 0 fully saturated rings. The lowest BCUT2D eigenvalue weighted by atomic mass is 10.2. The maximum Gasteiger partial charge on any atom is 0.243 e. The third-order valence-electron chi connectivity index (χ3n) is 4.13. The molecular formula is C18H16ClN3O5S. The van der Waals surface area contributed by atoms with Crippen LogP contribution >= 0.6 is 11.6 Å². The molecule has 3 aromatic rings. The van der Waals surface area contributed by atoms with Crippen LogP contribution in [0, 0.1) is 0 Å².